The number of rotatable bonds is 3. The zero-order valence-corrected chi connectivity index (χ0v) is 12.5. The van der Waals surface area contributed by atoms with Crippen molar-refractivity contribution in [2.24, 2.45) is 0 Å². The molecule has 1 aromatic heterocycles. The Bertz CT molecular complexity index is 833. The predicted molar refractivity (Wildman–Crippen MR) is 83.9 cm³/mol. The molecule has 22 heavy (non-hydrogen) atoms. The minimum atomic E-state index is -0.888. The molecule has 0 saturated heterocycles. The van der Waals surface area contributed by atoms with E-state index >= 15 is 0 Å². The molecule has 0 amide bonds. The number of halogens is 2. The molecule has 0 aliphatic rings. The zero-order valence-electron chi connectivity index (χ0n) is 11.6. The van der Waals surface area contributed by atoms with E-state index in [0.717, 1.165) is 22.7 Å². The third kappa shape index (κ3) is 2.65. The first kappa shape index (κ1) is 14.5. The molecule has 0 spiro atoms. The molecule has 2 aromatic carbocycles. The van der Waals surface area contributed by atoms with Crippen LogP contribution in [0.5, 0.6) is 5.75 Å². The number of ether oxygens (including phenoxy) is 1. The van der Waals surface area contributed by atoms with Crippen molar-refractivity contribution in [2.75, 3.05) is 12.8 Å². The van der Waals surface area contributed by atoms with Gasteiger partial charge in [0.25, 0.3) is 0 Å². The summed E-state index contributed by atoms with van der Waals surface area (Å²) in [5.41, 5.74) is 8.37. The van der Waals surface area contributed by atoms with Crippen LogP contribution in [-0.2, 0) is 0 Å². The van der Waals surface area contributed by atoms with Crippen molar-refractivity contribution >= 4 is 17.0 Å². The molecule has 0 unspecified atom stereocenters. The molecule has 0 aliphatic carbocycles. The van der Waals surface area contributed by atoms with Crippen molar-refractivity contribution in [1.29, 1.82) is 0 Å². The van der Waals surface area contributed by atoms with Crippen molar-refractivity contribution in [3.63, 3.8) is 0 Å². The minimum absolute atomic E-state index is 0.518. The van der Waals surface area contributed by atoms with E-state index in [-0.39, 0.29) is 0 Å². The smallest absolute Gasteiger partial charge is 0.159 e. The molecule has 112 valence electrons. The van der Waals surface area contributed by atoms with E-state index in [4.69, 9.17) is 10.5 Å². The van der Waals surface area contributed by atoms with E-state index in [9.17, 15) is 8.78 Å². The molecule has 1 heterocycles. The largest absolute Gasteiger partial charge is 0.495 e. The van der Waals surface area contributed by atoms with Crippen LogP contribution in [0.25, 0.3) is 21.8 Å². The molecular weight excluding hydrogens is 306 g/mol. The number of nitrogens with two attached hydrogens (primary N) is 1. The number of nitrogen functional groups attached to an aromatic ring is 1. The molecule has 0 aliphatic heterocycles. The molecule has 6 heteroatoms. The number of hydrogen-bond donors (Lipinski definition) is 1. The fourth-order valence-corrected chi connectivity index (χ4v) is 2.89. The van der Waals surface area contributed by atoms with Crippen molar-refractivity contribution < 1.29 is 13.5 Å². The van der Waals surface area contributed by atoms with Crippen LogP contribution in [0.15, 0.2) is 41.8 Å². The Morgan fingerprint density at radius 3 is 2.50 bits per heavy atom. The van der Waals surface area contributed by atoms with Crippen molar-refractivity contribution in [3.05, 3.63) is 53.4 Å². The van der Waals surface area contributed by atoms with Crippen LogP contribution in [0.4, 0.5) is 14.5 Å². The Hall–Kier alpha value is -2.47. The molecule has 0 fully saturated rings. The zero-order chi connectivity index (χ0) is 15.7. The Balaban J connectivity index is 1.96. The maximum absolute atomic E-state index is 13.3. The average Bonchev–Trinajstić information content (AvgIpc) is 3.00. The van der Waals surface area contributed by atoms with Crippen LogP contribution < -0.4 is 10.5 Å². The first-order valence-electron chi connectivity index (χ1n) is 6.43. The predicted octanol–water partition coefficient (Wildman–Crippen LogP) is 4.35. The van der Waals surface area contributed by atoms with Gasteiger partial charge in [0, 0.05) is 16.5 Å². The molecule has 2 N–H and O–H groups in total. The van der Waals surface area contributed by atoms with Crippen LogP contribution >= 0.6 is 11.3 Å². The van der Waals surface area contributed by atoms with Gasteiger partial charge in [-0.15, -0.1) is 11.3 Å². The quantitative estimate of drug-likeness (QED) is 0.731. The van der Waals surface area contributed by atoms with E-state index in [2.05, 4.69) is 4.98 Å². The van der Waals surface area contributed by atoms with Gasteiger partial charge in [-0.3, -0.25) is 0 Å². The molecule has 0 atom stereocenters. The number of anilines is 1. The maximum atomic E-state index is 13.3. The van der Waals surface area contributed by atoms with Crippen LogP contribution in [0, 0.1) is 11.6 Å². The summed E-state index contributed by atoms with van der Waals surface area (Å²) < 4.78 is 31.4. The summed E-state index contributed by atoms with van der Waals surface area (Å²) in [5, 5.41) is 2.54. The highest BCUT2D eigenvalue weighted by atomic mass is 32.1. The number of nitrogens with zero attached hydrogens (tertiary/aromatic N) is 1. The van der Waals surface area contributed by atoms with E-state index in [1.165, 1.54) is 17.4 Å². The highest BCUT2D eigenvalue weighted by Crippen LogP contribution is 2.32. The Morgan fingerprint density at radius 2 is 1.82 bits per heavy atom. The van der Waals surface area contributed by atoms with Crippen LogP contribution in [0.2, 0.25) is 0 Å². The Labute approximate surface area is 130 Å². The van der Waals surface area contributed by atoms with Crippen molar-refractivity contribution in [1.82, 2.24) is 4.98 Å². The fraction of sp³-hybridized carbons (Fsp3) is 0.0625. The Morgan fingerprint density at radius 1 is 1.05 bits per heavy atom. The van der Waals surface area contributed by atoms with Crippen LogP contribution in [0.3, 0.4) is 0 Å². The number of hydrogen-bond acceptors (Lipinski definition) is 4. The lowest BCUT2D eigenvalue weighted by atomic mass is 10.1. The second-order valence-corrected chi connectivity index (χ2v) is 5.48. The third-order valence-electron chi connectivity index (χ3n) is 3.20. The molecule has 3 rings (SSSR count). The highest BCUT2D eigenvalue weighted by Gasteiger charge is 2.10. The van der Waals surface area contributed by atoms with Crippen LogP contribution in [-0.4, -0.2) is 12.1 Å². The number of benzene rings is 2. The molecule has 0 bridgehead atoms. The SMILES string of the molecule is COc1ccc(-c2nc(-c3ccc(F)c(F)c3)cs2)cc1N. The van der Waals surface area contributed by atoms with Gasteiger partial charge >= 0.3 is 0 Å². The summed E-state index contributed by atoms with van der Waals surface area (Å²) in [5.74, 6) is -1.16. The van der Waals surface area contributed by atoms with Gasteiger partial charge in [0.05, 0.1) is 18.5 Å². The number of thiazole rings is 1. The van der Waals surface area contributed by atoms with Gasteiger partial charge in [-0.05, 0) is 36.4 Å². The number of aromatic nitrogens is 1. The van der Waals surface area contributed by atoms with Gasteiger partial charge in [0.15, 0.2) is 11.6 Å². The maximum Gasteiger partial charge on any atom is 0.159 e. The van der Waals surface area contributed by atoms with Gasteiger partial charge < -0.3 is 10.5 Å². The lowest BCUT2D eigenvalue weighted by Gasteiger charge is -2.05. The first-order chi connectivity index (χ1) is 10.6. The minimum Gasteiger partial charge on any atom is -0.495 e. The van der Waals surface area contributed by atoms with E-state index in [0.29, 0.717) is 22.7 Å². The monoisotopic (exact) mass is 318 g/mol. The molecule has 0 radical (unpaired) electrons. The lowest BCUT2D eigenvalue weighted by Crippen LogP contribution is -1.92. The molecule has 0 saturated carbocycles. The van der Waals surface area contributed by atoms with Crippen molar-refractivity contribution in [3.8, 4) is 27.6 Å². The van der Waals surface area contributed by atoms with Gasteiger partial charge in [0.1, 0.15) is 10.8 Å². The van der Waals surface area contributed by atoms with Crippen LogP contribution in [0.1, 0.15) is 0 Å². The lowest BCUT2D eigenvalue weighted by molar-refractivity contribution is 0.417. The van der Waals surface area contributed by atoms with E-state index in [1.807, 2.05) is 6.07 Å². The number of methoxy groups -OCH3 is 1. The van der Waals surface area contributed by atoms with Gasteiger partial charge in [-0.25, -0.2) is 13.8 Å². The summed E-state index contributed by atoms with van der Waals surface area (Å²) in [6.07, 6.45) is 0. The summed E-state index contributed by atoms with van der Waals surface area (Å²) >= 11 is 1.41. The van der Waals surface area contributed by atoms with Crippen molar-refractivity contribution in [2.45, 2.75) is 0 Å². The second-order valence-electron chi connectivity index (χ2n) is 4.62. The van der Waals surface area contributed by atoms with E-state index in [1.54, 1.807) is 24.6 Å². The standard InChI is InChI=1S/C16H12F2N2OS/c1-21-15-5-3-10(7-13(15)19)16-20-14(8-22-16)9-2-4-11(17)12(18)6-9/h2-8H,19H2,1H3. The van der Waals surface area contributed by atoms with Gasteiger partial charge in [-0.2, -0.15) is 0 Å². The molecular formula is C16H12F2N2OS. The third-order valence-corrected chi connectivity index (χ3v) is 4.09. The van der Waals surface area contributed by atoms with E-state index < -0.39 is 11.6 Å². The highest BCUT2D eigenvalue weighted by molar-refractivity contribution is 7.13. The summed E-state index contributed by atoms with van der Waals surface area (Å²) in [7, 11) is 1.55. The summed E-state index contributed by atoms with van der Waals surface area (Å²) in [6.45, 7) is 0. The summed E-state index contributed by atoms with van der Waals surface area (Å²) in [4.78, 5) is 4.45. The van der Waals surface area contributed by atoms with Gasteiger partial charge in [0.2, 0.25) is 0 Å². The second kappa shape index (κ2) is 5.73. The molecule has 3 nitrogen and oxygen atoms in total. The average molecular weight is 318 g/mol. The summed E-state index contributed by atoms with van der Waals surface area (Å²) in [6, 6.07) is 9.12. The Kier molecular flexibility index (Phi) is 3.77. The topological polar surface area (TPSA) is 48.1 Å². The first-order valence-corrected chi connectivity index (χ1v) is 7.31. The normalized spacial score (nSPS) is 10.7. The van der Waals surface area contributed by atoms with Gasteiger partial charge in [-0.1, -0.05) is 0 Å². The molecule has 3 aromatic rings. The fourth-order valence-electron chi connectivity index (χ4n) is 2.06.